The average molecular weight is 237 g/mol. The Labute approximate surface area is 106 Å². The first kappa shape index (κ1) is 12.0. The van der Waals surface area contributed by atoms with E-state index in [1.807, 2.05) is 36.5 Å². The summed E-state index contributed by atoms with van der Waals surface area (Å²) in [6.45, 7) is 3.59. The highest BCUT2D eigenvalue weighted by atomic mass is 14.8. The fourth-order valence-electron chi connectivity index (χ4n) is 1.57. The van der Waals surface area contributed by atoms with Crippen molar-refractivity contribution in [2.75, 3.05) is 0 Å². The van der Waals surface area contributed by atoms with Crippen LogP contribution in [0.4, 0.5) is 0 Å². The number of H-pyrrole nitrogens is 1. The Bertz CT molecular complexity index is 534. The van der Waals surface area contributed by atoms with Crippen LogP contribution in [0.2, 0.25) is 0 Å². The molecule has 2 aromatic heterocycles. The number of fused-ring (bicyclic) bond motifs is 1. The minimum atomic E-state index is 0.875. The highest BCUT2D eigenvalue weighted by molar-refractivity contribution is 5.77. The average Bonchev–Trinajstić information content (AvgIpc) is 2.93. The monoisotopic (exact) mass is 237 g/mol. The minimum Gasteiger partial charge on any atom is -0.348 e. The number of para-hydroxylation sites is 1. The smallest absolute Gasteiger partial charge is 0.0921 e. The van der Waals surface area contributed by atoms with E-state index in [0.717, 1.165) is 17.6 Å². The Balaban J connectivity index is 0.000000138. The summed E-state index contributed by atoms with van der Waals surface area (Å²) in [4.78, 5) is 11.0. The van der Waals surface area contributed by atoms with E-state index in [2.05, 4.69) is 33.7 Å². The van der Waals surface area contributed by atoms with Crippen LogP contribution >= 0.6 is 0 Å². The van der Waals surface area contributed by atoms with Crippen molar-refractivity contribution in [3.05, 3.63) is 73.5 Å². The molecule has 2 heterocycles. The maximum Gasteiger partial charge on any atom is 0.0921 e. The van der Waals surface area contributed by atoms with Crippen molar-refractivity contribution in [3.8, 4) is 0 Å². The third-order valence-corrected chi connectivity index (χ3v) is 2.43. The van der Waals surface area contributed by atoms with Crippen molar-refractivity contribution in [2.24, 2.45) is 0 Å². The molecule has 0 fully saturated rings. The van der Waals surface area contributed by atoms with E-state index in [-0.39, 0.29) is 0 Å². The Morgan fingerprint density at radius 1 is 1.17 bits per heavy atom. The van der Waals surface area contributed by atoms with E-state index in [9.17, 15) is 0 Å². The molecule has 1 aromatic carbocycles. The summed E-state index contributed by atoms with van der Waals surface area (Å²) in [5.41, 5.74) is 2.17. The normalized spacial score (nSPS) is 9.56. The second-order valence-electron chi connectivity index (χ2n) is 3.77. The van der Waals surface area contributed by atoms with E-state index in [0.29, 0.717) is 0 Å². The molecular weight excluding hydrogens is 222 g/mol. The van der Waals surface area contributed by atoms with Gasteiger partial charge in [-0.15, -0.1) is 6.58 Å². The fourth-order valence-corrected chi connectivity index (χ4v) is 1.57. The lowest BCUT2D eigenvalue weighted by atomic mass is 10.2. The van der Waals surface area contributed by atoms with Crippen LogP contribution in [0, 0.1) is 0 Å². The SMILES string of the molecule is C=CCc1cnc[nH]1.c1ccc2ncccc2c1. The number of imidazole rings is 1. The maximum atomic E-state index is 4.18. The first-order valence-electron chi connectivity index (χ1n) is 5.78. The Hall–Kier alpha value is -2.42. The van der Waals surface area contributed by atoms with Crippen molar-refractivity contribution in [2.45, 2.75) is 6.42 Å². The van der Waals surface area contributed by atoms with E-state index >= 15 is 0 Å². The van der Waals surface area contributed by atoms with Gasteiger partial charge >= 0.3 is 0 Å². The predicted octanol–water partition coefficient (Wildman–Crippen LogP) is 3.37. The molecule has 0 amide bonds. The van der Waals surface area contributed by atoms with Crippen LogP contribution in [0.25, 0.3) is 10.9 Å². The first-order valence-corrected chi connectivity index (χ1v) is 5.78. The largest absolute Gasteiger partial charge is 0.348 e. The van der Waals surface area contributed by atoms with Crippen LogP contribution in [0.3, 0.4) is 0 Å². The number of benzene rings is 1. The van der Waals surface area contributed by atoms with E-state index < -0.39 is 0 Å². The summed E-state index contributed by atoms with van der Waals surface area (Å²) in [7, 11) is 0. The topological polar surface area (TPSA) is 41.6 Å². The third-order valence-electron chi connectivity index (χ3n) is 2.43. The molecule has 90 valence electrons. The quantitative estimate of drug-likeness (QED) is 0.694. The molecule has 3 aromatic rings. The van der Waals surface area contributed by atoms with Gasteiger partial charge in [0.25, 0.3) is 0 Å². The van der Waals surface area contributed by atoms with Gasteiger partial charge in [0.05, 0.1) is 11.8 Å². The second-order valence-corrected chi connectivity index (χ2v) is 3.77. The number of allylic oxidation sites excluding steroid dienone is 1. The maximum absolute atomic E-state index is 4.18. The zero-order valence-corrected chi connectivity index (χ0v) is 10.1. The number of nitrogens with one attached hydrogen (secondary N) is 1. The molecule has 3 heteroatoms. The summed E-state index contributed by atoms with van der Waals surface area (Å²) < 4.78 is 0. The lowest BCUT2D eigenvalue weighted by Gasteiger charge is -1.91. The number of aromatic nitrogens is 3. The second kappa shape index (κ2) is 6.35. The number of hydrogen-bond donors (Lipinski definition) is 1. The number of rotatable bonds is 2. The van der Waals surface area contributed by atoms with Gasteiger partial charge in [-0.1, -0.05) is 30.3 Å². The number of pyridine rings is 1. The highest BCUT2D eigenvalue weighted by Gasteiger charge is 1.86. The fraction of sp³-hybridized carbons (Fsp3) is 0.0667. The predicted molar refractivity (Wildman–Crippen MR) is 74.2 cm³/mol. The lowest BCUT2D eigenvalue weighted by molar-refractivity contribution is 1.16. The third kappa shape index (κ3) is 3.28. The molecule has 18 heavy (non-hydrogen) atoms. The Morgan fingerprint density at radius 2 is 2.00 bits per heavy atom. The molecule has 0 aliphatic heterocycles. The van der Waals surface area contributed by atoms with Gasteiger partial charge in [-0.05, 0) is 12.1 Å². The lowest BCUT2D eigenvalue weighted by Crippen LogP contribution is -1.75. The molecule has 0 atom stereocenters. The van der Waals surface area contributed by atoms with Crippen LogP contribution in [0.5, 0.6) is 0 Å². The molecule has 3 nitrogen and oxygen atoms in total. The number of nitrogens with zero attached hydrogens (tertiary/aromatic N) is 2. The van der Waals surface area contributed by atoms with Gasteiger partial charge in [0, 0.05) is 29.9 Å². The van der Waals surface area contributed by atoms with Gasteiger partial charge in [0.15, 0.2) is 0 Å². The van der Waals surface area contributed by atoms with Crippen molar-refractivity contribution < 1.29 is 0 Å². The van der Waals surface area contributed by atoms with Gasteiger partial charge < -0.3 is 4.98 Å². The Kier molecular flexibility index (Phi) is 4.25. The zero-order valence-electron chi connectivity index (χ0n) is 10.1. The molecule has 0 spiro atoms. The number of aromatic amines is 1. The standard InChI is InChI=1S/C9H7N.C6H8N2/c1-2-6-9-8(4-1)5-3-7-10-9;1-2-3-6-4-7-5-8-6/h1-7H;2,4-5H,1,3H2,(H,7,8). The Morgan fingerprint density at radius 3 is 2.72 bits per heavy atom. The first-order chi connectivity index (χ1) is 8.90. The van der Waals surface area contributed by atoms with Crippen LogP contribution in [-0.4, -0.2) is 15.0 Å². The van der Waals surface area contributed by atoms with Gasteiger partial charge in [0.2, 0.25) is 0 Å². The van der Waals surface area contributed by atoms with Crippen LogP contribution in [0.1, 0.15) is 5.69 Å². The summed E-state index contributed by atoms with van der Waals surface area (Å²) in [6.07, 6.45) is 7.98. The van der Waals surface area contributed by atoms with Crippen LogP contribution in [0.15, 0.2) is 67.8 Å². The molecule has 0 saturated carbocycles. The van der Waals surface area contributed by atoms with E-state index in [4.69, 9.17) is 0 Å². The van der Waals surface area contributed by atoms with Crippen LogP contribution < -0.4 is 0 Å². The molecule has 0 aliphatic carbocycles. The van der Waals surface area contributed by atoms with Crippen molar-refractivity contribution in [1.29, 1.82) is 0 Å². The summed E-state index contributed by atoms with van der Waals surface area (Å²) >= 11 is 0. The molecule has 0 saturated heterocycles. The zero-order chi connectivity index (χ0) is 12.6. The number of hydrogen-bond acceptors (Lipinski definition) is 2. The summed E-state index contributed by atoms with van der Waals surface area (Å²) in [5, 5.41) is 1.20. The van der Waals surface area contributed by atoms with Gasteiger partial charge in [0.1, 0.15) is 0 Å². The summed E-state index contributed by atoms with van der Waals surface area (Å²) in [5.74, 6) is 0. The molecule has 3 rings (SSSR count). The highest BCUT2D eigenvalue weighted by Crippen LogP contribution is 2.07. The molecule has 0 bridgehead atoms. The van der Waals surface area contributed by atoms with E-state index in [1.54, 1.807) is 12.5 Å². The van der Waals surface area contributed by atoms with Gasteiger partial charge in [-0.25, -0.2) is 4.98 Å². The van der Waals surface area contributed by atoms with Crippen LogP contribution in [-0.2, 0) is 6.42 Å². The molecule has 0 radical (unpaired) electrons. The van der Waals surface area contributed by atoms with Crippen molar-refractivity contribution in [1.82, 2.24) is 15.0 Å². The minimum absolute atomic E-state index is 0.875. The van der Waals surface area contributed by atoms with Crippen molar-refractivity contribution in [3.63, 3.8) is 0 Å². The van der Waals surface area contributed by atoms with Gasteiger partial charge in [-0.2, -0.15) is 0 Å². The molecule has 0 aliphatic rings. The van der Waals surface area contributed by atoms with E-state index in [1.165, 1.54) is 5.39 Å². The van der Waals surface area contributed by atoms with Crippen molar-refractivity contribution >= 4 is 10.9 Å². The summed E-state index contributed by atoms with van der Waals surface area (Å²) in [6, 6.07) is 12.1. The van der Waals surface area contributed by atoms with Gasteiger partial charge in [-0.3, -0.25) is 4.98 Å². The molecule has 0 unspecified atom stereocenters. The molecule has 1 N–H and O–H groups in total. The molecular formula is C15H15N3.